The Bertz CT molecular complexity index is 453. The van der Waals surface area contributed by atoms with Crippen molar-refractivity contribution >= 4 is 24.7 Å². The van der Waals surface area contributed by atoms with Crippen LogP contribution in [-0.2, 0) is 23.5 Å². The van der Waals surface area contributed by atoms with E-state index in [0.29, 0.717) is 12.8 Å². The van der Waals surface area contributed by atoms with Crippen molar-refractivity contribution in [1.82, 2.24) is 0 Å². The summed E-state index contributed by atoms with van der Waals surface area (Å²) in [6, 6.07) is 0. The molecule has 2 aliphatic rings. The predicted molar refractivity (Wildman–Crippen MR) is 65.6 cm³/mol. The molecule has 2 bridgehead atoms. The van der Waals surface area contributed by atoms with Crippen molar-refractivity contribution in [3.63, 3.8) is 0 Å². The molecule has 3 atom stereocenters. The Kier molecular flexibility index (Phi) is 3.63. The summed E-state index contributed by atoms with van der Waals surface area (Å²) in [7, 11) is 0. The van der Waals surface area contributed by atoms with Crippen LogP contribution in [0.25, 0.3) is 0 Å². The molecule has 3 unspecified atom stereocenters. The third-order valence-corrected chi connectivity index (χ3v) is 5.16. The first-order valence-electron chi connectivity index (χ1n) is 6.20. The number of hydrogen-bond acceptors (Lipinski definition) is 6. The van der Waals surface area contributed by atoms with E-state index in [-0.39, 0.29) is 11.7 Å². The van der Waals surface area contributed by atoms with Crippen molar-refractivity contribution < 1.29 is 32.3 Å². The lowest BCUT2D eigenvalue weighted by Crippen LogP contribution is -2.42. The Balaban J connectivity index is 2.17. The number of carbonyl (C=O) groups excluding carboxylic acids is 2. The lowest BCUT2D eigenvalue weighted by Gasteiger charge is -2.31. The summed E-state index contributed by atoms with van der Waals surface area (Å²) in [5.74, 6) is -2.52. The molecular formula is C12H16F2O5S. The Morgan fingerprint density at radius 2 is 2.00 bits per heavy atom. The number of fused-ring (bicyclic) bond motifs is 2. The van der Waals surface area contributed by atoms with Crippen LogP contribution < -0.4 is 0 Å². The fraction of sp³-hybridized carbons (Fsp3) is 0.833. The van der Waals surface area contributed by atoms with Gasteiger partial charge in [0.15, 0.2) is 11.9 Å². The lowest BCUT2D eigenvalue weighted by molar-refractivity contribution is -0.370. The second kappa shape index (κ2) is 4.64. The largest absolute Gasteiger partial charge is 0.483 e. The zero-order chi connectivity index (χ0) is 15.3. The maximum Gasteiger partial charge on any atom is 0.483 e. The van der Waals surface area contributed by atoms with Crippen LogP contribution in [0, 0.1) is 16.7 Å². The topological polar surface area (TPSA) is 61.8 Å². The third kappa shape index (κ3) is 1.96. The van der Waals surface area contributed by atoms with E-state index in [1.165, 1.54) is 0 Å². The molecule has 0 aliphatic heterocycles. The zero-order valence-electron chi connectivity index (χ0n) is 11.3. The summed E-state index contributed by atoms with van der Waals surface area (Å²) in [5.41, 5.74) is -1.05. The first kappa shape index (κ1) is 15.7. The number of thiol groups is 1. The average Bonchev–Trinajstić information content (AvgIpc) is 2.63. The number of rotatable bonds is 4. The van der Waals surface area contributed by atoms with Gasteiger partial charge in [-0.2, -0.15) is 13.1 Å². The van der Waals surface area contributed by atoms with Gasteiger partial charge in [-0.05, 0) is 18.3 Å². The predicted octanol–water partition coefficient (Wildman–Crippen LogP) is 2.31. The molecule has 0 amide bonds. The van der Waals surface area contributed by atoms with Gasteiger partial charge in [0, 0.05) is 24.2 Å². The van der Waals surface area contributed by atoms with Gasteiger partial charge in [0.1, 0.15) is 0 Å². The summed E-state index contributed by atoms with van der Waals surface area (Å²) in [5, 5.41) is 0. The molecule has 20 heavy (non-hydrogen) atoms. The first-order chi connectivity index (χ1) is 9.08. The van der Waals surface area contributed by atoms with Gasteiger partial charge in [-0.25, -0.2) is 4.79 Å². The highest BCUT2D eigenvalue weighted by molar-refractivity contribution is 7.74. The normalized spacial score (nSPS) is 35.4. The molecule has 2 saturated carbocycles. The zero-order valence-corrected chi connectivity index (χ0v) is 12.2. The molecule has 0 spiro atoms. The van der Waals surface area contributed by atoms with Crippen LogP contribution in [0.15, 0.2) is 0 Å². The maximum absolute atomic E-state index is 13.1. The number of halogens is 2. The van der Waals surface area contributed by atoms with E-state index >= 15 is 0 Å². The first-order valence-corrected chi connectivity index (χ1v) is 6.57. The van der Waals surface area contributed by atoms with E-state index in [2.05, 4.69) is 22.1 Å². The number of hydrogen-bond donors (Lipinski definition) is 1. The Morgan fingerprint density at radius 3 is 2.45 bits per heavy atom. The van der Waals surface area contributed by atoms with E-state index in [0.717, 1.165) is 0 Å². The summed E-state index contributed by atoms with van der Waals surface area (Å²) >= 11 is 2.98. The second-order valence-corrected chi connectivity index (χ2v) is 6.21. The number of esters is 1. The molecular weight excluding hydrogens is 294 g/mol. The highest BCUT2D eigenvalue weighted by Gasteiger charge is 2.68. The van der Waals surface area contributed by atoms with Crippen molar-refractivity contribution in [1.29, 1.82) is 0 Å². The molecule has 2 aliphatic carbocycles. The van der Waals surface area contributed by atoms with E-state index in [1.807, 2.05) is 13.8 Å². The molecule has 114 valence electrons. The Hall–Kier alpha value is -0.730. The van der Waals surface area contributed by atoms with Gasteiger partial charge in [0.25, 0.3) is 0 Å². The van der Waals surface area contributed by atoms with Gasteiger partial charge in [0.05, 0.1) is 0 Å². The van der Waals surface area contributed by atoms with Crippen LogP contribution in [0.1, 0.15) is 33.6 Å². The van der Waals surface area contributed by atoms with Crippen LogP contribution in [0.3, 0.4) is 0 Å². The smallest absolute Gasteiger partial charge is 0.448 e. The highest BCUT2D eigenvalue weighted by Crippen LogP contribution is 2.64. The van der Waals surface area contributed by atoms with Gasteiger partial charge in [-0.15, -0.1) is 4.89 Å². The van der Waals surface area contributed by atoms with Gasteiger partial charge < -0.3 is 4.74 Å². The van der Waals surface area contributed by atoms with E-state index < -0.39 is 29.0 Å². The maximum atomic E-state index is 13.1. The van der Waals surface area contributed by atoms with Gasteiger partial charge in [0.2, 0.25) is 0 Å². The quantitative estimate of drug-likeness (QED) is 0.284. The molecule has 8 heteroatoms. The summed E-state index contributed by atoms with van der Waals surface area (Å²) < 4.78 is 34.5. The molecule has 0 radical (unpaired) electrons. The third-order valence-electron chi connectivity index (χ3n) is 5.09. The van der Waals surface area contributed by atoms with Crippen LogP contribution in [0.5, 0.6) is 0 Å². The van der Waals surface area contributed by atoms with E-state index in [9.17, 15) is 18.4 Å². The lowest BCUT2D eigenvalue weighted by atomic mass is 9.70. The molecule has 0 heterocycles. The monoisotopic (exact) mass is 310 g/mol. The summed E-state index contributed by atoms with van der Waals surface area (Å²) in [4.78, 5) is 27.1. The fourth-order valence-electron chi connectivity index (χ4n) is 3.40. The number of alkyl halides is 2. The molecule has 2 fully saturated rings. The van der Waals surface area contributed by atoms with Crippen LogP contribution >= 0.6 is 12.9 Å². The number of ether oxygens (including phenoxy) is 1. The van der Waals surface area contributed by atoms with Crippen molar-refractivity contribution in [2.75, 3.05) is 0 Å². The molecule has 0 aromatic rings. The van der Waals surface area contributed by atoms with Crippen molar-refractivity contribution in [2.45, 2.75) is 45.8 Å². The molecule has 0 aromatic heterocycles. The number of Topliss-reactive ketones (excluding diaryl/α,β-unsaturated/α-hetero) is 1. The van der Waals surface area contributed by atoms with Crippen molar-refractivity contribution in [2.24, 2.45) is 16.7 Å². The molecule has 5 nitrogen and oxygen atoms in total. The van der Waals surface area contributed by atoms with E-state index in [1.54, 1.807) is 6.92 Å². The molecule has 0 aromatic carbocycles. The summed E-state index contributed by atoms with van der Waals surface area (Å²) in [6.07, 6.45) is -4.13. The van der Waals surface area contributed by atoms with Gasteiger partial charge >= 0.3 is 12.1 Å². The molecule has 0 saturated heterocycles. The highest BCUT2D eigenvalue weighted by atomic mass is 32.1. The minimum absolute atomic E-state index is 0.267. The second-order valence-electron chi connectivity index (χ2n) is 6.06. The Labute approximate surface area is 120 Å². The van der Waals surface area contributed by atoms with Crippen LogP contribution in [0.2, 0.25) is 0 Å². The van der Waals surface area contributed by atoms with E-state index in [4.69, 9.17) is 4.74 Å². The number of carbonyl (C=O) groups is 2. The average molecular weight is 310 g/mol. The van der Waals surface area contributed by atoms with Gasteiger partial charge in [-0.1, -0.05) is 20.8 Å². The van der Waals surface area contributed by atoms with Crippen molar-refractivity contribution in [3.8, 4) is 0 Å². The van der Waals surface area contributed by atoms with Crippen LogP contribution in [0.4, 0.5) is 8.78 Å². The summed E-state index contributed by atoms with van der Waals surface area (Å²) in [6.45, 7) is 5.57. The minimum atomic E-state index is -4.30. The number of ketones is 1. The molecule has 0 N–H and O–H groups in total. The van der Waals surface area contributed by atoms with Crippen LogP contribution in [-0.4, -0.2) is 24.0 Å². The molecule has 2 rings (SSSR count). The minimum Gasteiger partial charge on any atom is -0.448 e. The SMILES string of the molecule is CC12CCC(C(OC(=O)C(F)(F)OOS)C1=O)C2(C)C. The van der Waals surface area contributed by atoms with Gasteiger partial charge in [-0.3, -0.25) is 4.79 Å². The fourth-order valence-corrected chi connectivity index (χ4v) is 3.50. The Morgan fingerprint density at radius 1 is 1.40 bits per heavy atom. The van der Waals surface area contributed by atoms with Crippen molar-refractivity contribution in [3.05, 3.63) is 0 Å². The standard InChI is InChI=1S/C12H16F2O5S/c1-10(2)6-4-5-11(10,3)8(15)7(6)17-9(16)12(13,14)18-19-20/h6-7,20H,4-5H2,1-3H3.